The van der Waals surface area contributed by atoms with Crippen LogP contribution in [-0.2, 0) is 13.0 Å². The lowest BCUT2D eigenvalue weighted by atomic mass is 10.1. The maximum Gasteiger partial charge on any atom is 0.160 e. The van der Waals surface area contributed by atoms with Crippen molar-refractivity contribution in [1.82, 2.24) is 10.3 Å². The molecule has 1 N–H and O–H groups in total. The molecule has 0 fully saturated rings. The van der Waals surface area contributed by atoms with E-state index >= 15 is 0 Å². The lowest BCUT2D eigenvalue weighted by molar-refractivity contribution is 0.354. The van der Waals surface area contributed by atoms with Crippen molar-refractivity contribution in [2.24, 2.45) is 0 Å². The van der Waals surface area contributed by atoms with Gasteiger partial charge in [0.15, 0.2) is 11.5 Å². The Kier molecular flexibility index (Phi) is 5.58. The zero-order valence-electron chi connectivity index (χ0n) is 12.8. The SMILES string of the molecule is COc1ccc(CCNCc2cccc(C)n2)cc1OC. The Morgan fingerprint density at radius 1 is 1.05 bits per heavy atom. The van der Waals surface area contributed by atoms with Gasteiger partial charge in [-0.15, -0.1) is 0 Å². The highest BCUT2D eigenvalue weighted by molar-refractivity contribution is 5.42. The quantitative estimate of drug-likeness (QED) is 0.795. The van der Waals surface area contributed by atoms with E-state index in [9.17, 15) is 0 Å². The molecule has 4 nitrogen and oxygen atoms in total. The number of methoxy groups -OCH3 is 2. The Morgan fingerprint density at radius 3 is 2.57 bits per heavy atom. The van der Waals surface area contributed by atoms with Crippen molar-refractivity contribution in [1.29, 1.82) is 0 Å². The molecule has 112 valence electrons. The molecule has 0 saturated heterocycles. The Bertz CT molecular complexity index is 585. The third kappa shape index (κ3) is 4.46. The van der Waals surface area contributed by atoms with Crippen LogP contribution in [0, 0.1) is 6.92 Å². The van der Waals surface area contributed by atoms with Gasteiger partial charge in [-0.3, -0.25) is 4.98 Å². The first kappa shape index (κ1) is 15.3. The van der Waals surface area contributed by atoms with Crippen molar-refractivity contribution in [3.8, 4) is 11.5 Å². The van der Waals surface area contributed by atoms with E-state index in [1.165, 1.54) is 5.56 Å². The average molecular weight is 286 g/mol. The second-order valence-corrected chi connectivity index (χ2v) is 4.89. The van der Waals surface area contributed by atoms with Crippen molar-refractivity contribution in [3.05, 3.63) is 53.3 Å². The van der Waals surface area contributed by atoms with Gasteiger partial charge >= 0.3 is 0 Å². The highest BCUT2D eigenvalue weighted by Gasteiger charge is 2.04. The maximum absolute atomic E-state index is 5.31. The van der Waals surface area contributed by atoms with Crippen molar-refractivity contribution in [2.45, 2.75) is 19.9 Å². The molecular formula is C17H22N2O2. The number of aromatic nitrogens is 1. The van der Waals surface area contributed by atoms with Crippen LogP contribution >= 0.6 is 0 Å². The molecule has 0 aliphatic heterocycles. The highest BCUT2D eigenvalue weighted by atomic mass is 16.5. The van der Waals surface area contributed by atoms with Gasteiger partial charge in [-0.2, -0.15) is 0 Å². The molecule has 21 heavy (non-hydrogen) atoms. The summed E-state index contributed by atoms with van der Waals surface area (Å²) >= 11 is 0. The van der Waals surface area contributed by atoms with Crippen LogP contribution < -0.4 is 14.8 Å². The number of ether oxygens (including phenoxy) is 2. The van der Waals surface area contributed by atoms with Gasteiger partial charge < -0.3 is 14.8 Å². The number of hydrogen-bond acceptors (Lipinski definition) is 4. The van der Waals surface area contributed by atoms with E-state index in [4.69, 9.17) is 9.47 Å². The van der Waals surface area contributed by atoms with E-state index in [0.29, 0.717) is 0 Å². The van der Waals surface area contributed by atoms with Gasteiger partial charge in [0.2, 0.25) is 0 Å². The van der Waals surface area contributed by atoms with E-state index in [0.717, 1.165) is 42.4 Å². The lowest BCUT2D eigenvalue weighted by Crippen LogP contribution is -2.17. The van der Waals surface area contributed by atoms with Crippen molar-refractivity contribution < 1.29 is 9.47 Å². The average Bonchev–Trinajstić information content (AvgIpc) is 2.51. The van der Waals surface area contributed by atoms with E-state index in [-0.39, 0.29) is 0 Å². The summed E-state index contributed by atoms with van der Waals surface area (Å²) in [5.41, 5.74) is 3.34. The monoisotopic (exact) mass is 286 g/mol. The third-order valence-electron chi connectivity index (χ3n) is 3.29. The van der Waals surface area contributed by atoms with E-state index in [2.05, 4.69) is 16.4 Å². The number of nitrogens with one attached hydrogen (secondary N) is 1. The van der Waals surface area contributed by atoms with Gasteiger partial charge in [0.1, 0.15) is 0 Å². The molecule has 1 aromatic carbocycles. The third-order valence-corrected chi connectivity index (χ3v) is 3.29. The molecule has 4 heteroatoms. The molecule has 0 unspecified atom stereocenters. The predicted molar refractivity (Wildman–Crippen MR) is 83.9 cm³/mol. The first-order valence-electron chi connectivity index (χ1n) is 7.07. The molecular weight excluding hydrogens is 264 g/mol. The molecule has 0 aliphatic carbocycles. The molecule has 0 atom stereocenters. The summed E-state index contributed by atoms with van der Waals surface area (Å²) in [6.45, 7) is 3.69. The van der Waals surface area contributed by atoms with Gasteiger partial charge in [0.25, 0.3) is 0 Å². The number of aryl methyl sites for hydroxylation is 1. The summed E-state index contributed by atoms with van der Waals surface area (Å²) in [7, 11) is 3.30. The van der Waals surface area contributed by atoms with Crippen LogP contribution in [0.1, 0.15) is 17.0 Å². The van der Waals surface area contributed by atoms with Gasteiger partial charge in [0.05, 0.1) is 19.9 Å². The van der Waals surface area contributed by atoms with Gasteiger partial charge in [0, 0.05) is 12.2 Å². The fraction of sp³-hybridized carbons (Fsp3) is 0.353. The Hall–Kier alpha value is -2.07. The number of benzene rings is 1. The summed E-state index contributed by atoms with van der Waals surface area (Å²) in [6.07, 6.45) is 0.937. The van der Waals surface area contributed by atoms with Crippen molar-refractivity contribution >= 4 is 0 Å². The second kappa shape index (κ2) is 7.64. The fourth-order valence-electron chi connectivity index (χ4n) is 2.18. The minimum Gasteiger partial charge on any atom is -0.493 e. The fourth-order valence-corrected chi connectivity index (χ4v) is 2.18. The van der Waals surface area contributed by atoms with Crippen LogP contribution in [0.15, 0.2) is 36.4 Å². The Morgan fingerprint density at radius 2 is 1.86 bits per heavy atom. The lowest BCUT2D eigenvalue weighted by Gasteiger charge is -2.10. The number of nitrogens with zero attached hydrogens (tertiary/aromatic N) is 1. The zero-order chi connectivity index (χ0) is 15.1. The predicted octanol–water partition coefficient (Wildman–Crippen LogP) is 2.74. The molecule has 1 aromatic heterocycles. The van der Waals surface area contributed by atoms with Gasteiger partial charge in [-0.25, -0.2) is 0 Å². The van der Waals surface area contributed by atoms with E-state index in [1.54, 1.807) is 14.2 Å². The first-order valence-corrected chi connectivity index (χ1v) is 7.07. The van der Waals surface area contributed by atoms with Crippen LogP contribution in [-0.4, -0.2) is 25.7 Å². The second-order valence-electron chi connectivity index (χ2n) is 4.89. The Balaban J connectivity index is 1.83. The van der Waals surface area contributed by atoms with Crippen LogP contribution in [0.4, 0.5) is 0 Å². The normalized spacial score (nSPS) is 10.4. The standard InChI is InChI=1S/C17H22N2O2/c1-13-5-4-6-15(19-13)12-18-10-9-14-7-8-16(20-2)17(11-14)21-3/h4-8,11,18H,9-10,12H2,1-3H3. The molecule has 0 bridgehead atoms. The summed E-state index contributed by atoms with van der Waals surface area (Å²) in [4.78, 5) is 4.47. The maximum atomic E-state index is 5.31. The summed E-state index contributed by atoms with van der Waals surface area (Å²) in [6, 6.07) is 12.1. The van der Waals surface area contributed by atoms with Gasteiger partial charge in [-0.1, -0.05) is 12.1 Å². The minimum absolute atomic E-state index is 0.762. The van der Waals surface area contributed by atoms with Crippen molar-refractivity contribution in [2.75, 3.05) is 20.8 Å². The molecule has 2 aromatic rings. The highest BCUT2D eigenvalue weighted by Crippen LogP contribution is 2.27. The topological polar surface area (TPSA) is 43.4 Å². The number of rotatable bonds is 7. The van der Waals surface area contributed by atoms with Crippen LogP contribution in [0.3, 0.4) is 0 Å². The van der Waals surface area contributed by atoms with Crippen LogP contribution in [0.2, 0.25) is 0 Å². The summed E-state index contributed by atoms with van der Waals surface area (Å²) in [5.74, 6) is 1.54. The van der Waals surface area contributed by atoms with Crippen LogP contribution in [0.5, 0.6) is 11.5 Å². The molecule has 0 amide bonds. The molecule has 0 aliphatic rings. The Labute approximate surface area is 126 Å². The largest absolute Gasteiger partial charge is 0.493 e. The molecule has 0 saturated carbocycles. The number of hydrogen-bond donors (Lipinski definition) is 1. The van der Waals surface area contributed by atoms with Gasteiger partial charge in [-0.05, 0) is 49.7 Å². The molecule has 0 spiro atoms. The van der Waals surface area contributed by atoms with E-state index in [1.807, 2.05) is 37.3 Å². The van der Waals surface area contributed by atoms with Crippen molar-refractivity contribution in [3.63, 3.8) is 0 Å². The number of pyridine rings is 1. The van der Waals surface area contributed by atoms with Crippen LogP contribution in [0.25, 0.3) is 0 Å². The first-order chi connectivity index (χ1) is 10.2. The molecule has 0 radical (unpaired) electrons. The summed E-state index contributed by atoms with van der Waals surface area (Å²) < 4.78 is 10.5. The zero-order valence-corrected chi connectivity index (χ0v) is 12.8. The molecule has 2 rings (SSSR count). The summed E-state index contributed by atoms with van der Waals surface area (Å²) in [5, 5.41) is 3.41. The molecule has 1 heterocycles. The minimum atomic E-state index is 0.762. The smallest absolute Gasteiger partial charge is 0.160 e. The van der Waals surface area contributed by atoms with E-state index < -0.39 is 0 Å².